The second-order valence-electron chi connectivity index (χ2n) is 5.68. The van der Waals surface area contributed by atoms with Crippen LogP contribution in [0.5, 0.6) is 0 Å². The molecule has 0 amide bonds. The van der Waals surface area contributed by atoms with Crippen LogP contribution in [0.4, 0.5) is 0 Å². The summed E-state index contributed by atoms with van der Waals surface area (Å²) in [5, 5.41) is 0. The minimum absolute atomic E-state index is 0.287. The third kappa shape index (κ3) is 2.32. The summed E-state index contributed by atoms with van der Waals surface area (Å²) in [6, 6.07) is 15.0. The molecule has 1 heterocycles. The van der Waals surface area contributed by atoms with Crippen molar-refractivity contribution >= 4 is 6.21 Å². The first-order valence-corrected chi connectivity index (χ1v) is 6.56. The maximum Gasteiger partial charge on any atom is 0.0646 e. The molecule has 2 aromatic rings. The van der Waals surface area contributed by atoms with Gasteiger partial charge in [0.1, 0.15) is 0 Å². The Kier molecular flexibility index (Phi) is 2.76. The SMILES string of the molecule is CC(C)(N)c1ccc(-c2ccc3c(c2)CN=C3)cc1. The second-order valence-corrected chi connectivity index (χ2v) is 5.68. The van der Waals surface area contributed by atoms with Crippen molar-refractivity contribution in [1.82, 2.24) is 0 Å². The topological polar surface area (TPSA) is 38.4 Å². The van der Waals surface area contributed by atoms with Crippen LogP contribution in [0.15, 0.2) is 47.5 Å². The average Bonchev–Trinajstić information content (AvgIpc) is 2.85. The van der Waals surface area contributed by atoms with Crippen molar-refractivity contribution in [3.63, 3.8) is 0 Å². The van der Waals surface area contributed by atoms with Crippen LogP contribution in [-0.2, 0) is 12.1 Å². The highest BCUT2D eigenvalue weighted by atomic mass is 14.7. The van der Waals surface area contributed by atoms with Crippen LogP contribution >= 0.6 is 0 Å². The summed E-state index contributed by atoms with van der Waals surface area (Å²) in [4.78, 5) is 4.29. The molecule has 1 aliphatic heterocycles. The van der Waals surface area contributed by atoms with Gasteiger partial charge in [0.05, 0.1) is 6.54 Å². The van der Waals surface area contributed by atoms with Gasteiger partial charge < -0.3 is 5.73 Å². The average molecular weight is 250 g/mol. The molecule has 3 rings (SSSR count). The van der Waals surface area contributed by atoms with Crippen molar-refractivity contribution in [3.8, 4) is 11.1 Å². The first-order chi connectivity index (χ1) is 9.04. The summed E-state index contributed by atoms with van der Waals surface area (Å²) in [6.45, 7) is 4.85. The van der Waals surface area contributed by atoms with Gasteiger partial charge in [0, 0.05) is 11.8 Å². The lowest BCUT2D eigenvalue weighted by atomic mass is 9.93. The van der Waals surface area contributed by atoms with E-state index in [-0.39, 0.29) is 5.54 Å². The standard InChI is InChI=1S/C17H18N2/c1-17(2,18)16-7-5-12(6-8-16)13-3-4-14-10-19-11-15(14)9-13/h3-10H,11,18H2,1-2H3. The fourth-order valence-corrected chi connectivity index (χ4v) is 2.38. The van der Waals surface area contributed by atoms with E-state index in [1.807, 2.05) is 20.1 Å². The molecule has 0 aromatic heterocycles. The molecule has 0 saturated heterocycles. The Morgan fingerprint density at radius 3 is 2.37 bits per heavy atom. The Morgan fingerprint density at radius 2 is 1.68 bits per heavy atom. The number of benzene rings is 2. The molecule has 0 spiro atoms. The van der Waals surface area contributed by atoms with Gasteiger partial charge in [-0.25, -0.2) is 0 Å². The zero-order valence-corrected chi connectivity index (χ0v) is 11.4. The molecular weight excluding hydrogens is 232 g/mol. The van der Waals surface area contributed by atoms with Gasteiger partial charge in [0.15, 0.2) is 0 Å². The Bertz CT molecular complexity index is 631. The number of aliphatic imine (C=N–C) groups is 1. The quantitative estimate of drug-likeness (QED) is 0.870. The number of nitrogens with zero attached hydrogens (tertiary/aromatic N) is 1. The molecular formula is C17H18N2. The molecule has 2 heteroatoms. The van der Waals surface area contributed by atoms with Crippen LogP contribution in [0.1, 0.15) is 30.5 Å². The third-order valence-corrected chi connectivity index (χ3v) is 3.60. The van der Waals surface area contributed by atoms with Gasteiger partial charge >= 0.3 is 0 Å². The predicted molar refractivity (Wildman–Crippen MR) is 80.4 cm³/mol. The van der Waals surface area contributed by atoms with Crippen LogP contribution in [0, 0.1) is 0 Å². The van der Waals surface area contributed by atoms with E-state index >= 15 is 0 Å². The van der Waals surface area contributed by atoms with Gasteiger partial charge in [-0.2, -0.15) is 0 Å². The fraction of sp³-hybridized carbons (Fsp3) is 0.235. The number of hydrogen-bond donors (Lipinski definition) is 1. The fourth-order valence-electron chi connectivity index (χ4n) is 2.38. The van der Waals surface area contributed by atoms with Crippen molar-refractivity contribution in [2.45, 2.75) is 25.9 Å². The summed E-state index contributed by atoms with van der Waals surface area (Å²) in [5.41, 5.74) is 12.0. The van der Waals surface area contributed by atoms with Gasteiger partial charge in [0.2, 0.25) is 0 Å². The third-order valence-electron chi connectivity index (χ3n) is 3.60. The Balaban J connectivity index is 1.95. The summed E-state index contributed by atoms with van der Waals surface area (Å²) in [7, 11) is 0. The van der Waals surface area contributed by atoms with Crippen molar-refractivity contribution in [3.05, 3.63) is 59.2 Å². The maximum atomic E-state index is 6.10. The monoisotopic (exact) mass is 250 g/mol. The molecule has 0 bridgehead atoms. The Hall–Kier alpha value is -1.93. The Morgan fingerprint density at radius 1 is 1.00 bits per heavy atom. The molecule has 2 N–H and O–H groups in total. The minimum Gasteiger partial charge on any atom is -0.322 e. The smallest absolute Gasteiger partial charge is 0.0646 e. The van der Waals surface area contributed by atoms with Gasteiger partial charge in [-0.1, -0.05) is 36.4 Å². The van der Waals surface area contributed by atoms with Crippen LogP contribution in [-0.4, -0.2) is 6.21 Å². The predicted octanol–water partition coefficient (Wildman–Crippen LogP) is 3.48. The van der Waals surface area contributed by atoms with Gasteiger partial charge in [-0.15, -0.1) is 0 Å². The normalized spacial score (nSPS) is 13.6. The number of hydrogen-bond acceptors (Lipinski definition) is 2. The molecule has 0 atom stereocenters. The van der Waals surface area contributed by atoms with Crippen LogP contribution in [0.25, 0.3) is 11.1 Å². The lowest BCUT2D eigenvalue weighted by Gasteiger charge is -2.19. The van der Waals surface area contributed by atoms with Crippen molar-refractivity contribution < 1.29 is 0 Å². The Labute approximate surface area is 114 Å². The highest BCUT2D eigenvalue weighted by Gasteiger charge is 2.14. The summed E-state index contributed by atoms with van der Waals surface area (Å²) in [6.07, 6.45) is 1.94. The molecule has 0 aliphatic carbocycles. The summed E-state index contributed by atoms with van der Waals surface area (Å²) in [5.74, 6) is 0. The number of fused-ring (bicyclic) bond motifs is 1. The molecule has 2 nitrogen and oxygen atoms in total. The largest absolute Gasteiger partial charge is 0.322 e. The highest BCUT2D eigenvalue weighted by molar-refractivity contribution is 5.85. The summed E-state index contributed by atoms with van der Waals surface area (Å²) >= 11 is 0. The van der Waals surface area contributed by atoms with E-state index in [1.165, 1.54) is 22.3 Å². The molecule has 96 valence electrons. The lowest BCUT2D eigenvalue weighted by Crippen LogP contribution is -2.28. The van der Waals surface area contributed by atoms with Gasteiger partial charge in [-0.3, -0.25) is 4.99 Å². The van der Waals surface area contributed by atoms with E-state index in [2.05, 4.69) is 47.5 Å². The van der Waals surface area contributed by atoms with Crippen LogP contribution in [0.3, 0.4) is 0 Å². The summed E-state index contributed by atoms with van der Waals surface area (Å²) < 4.78 is 0. The second kappa shape index (κ2) is 4.32. The van der Waals surface area contributed by atoms with E-state index in [0.717, 1.165) is 12.1 Å². The van der Waals surface area contributed by atoms with E-state index in [1.54, 1.807) is 0 Å². The lowest BCUT2D eigenvalue weighted by molar-refractivity contribution is 0.554. The van der Waals surface area contributed by atoms with Crippen molar-refractivity contribution in [1.29, 1.82) is 0 Å². The van der Waals surface area contributed by atoms with E-state index in [0.29, 0.717) is 0 Å². The van der Waals surface area contributed by atoms with Crippen LogP contribution in [0.2, 0.25) is 0 Å². The molecule has 2 aromatic carbocycles. The molecule has 0 radical (unpaired) electrons. The van der Waals surface area contributed by atoms with E-state index in [9.17, 15) is 0 Å². The molecule has 19 heavy (non-hydrogen) atoms. The van der Waals surface area contributed by atoms with E-state index < -0.39 is 0 Å². The first kappa shape index (κ1) is 12.1. The molecule has 0 fully saturated rings. The molecule has 1 aliphatic rings. The number of nitrogens with two attached hydrogens (primary N) is 1. The highest BCUT2D eigenvalue weighted by Crippen LogP contribution is 2.26. The van der Waals surface area contributed by atoms with E-state index in [4.69, 9.17) is 5.73 Å². The van der Waals surface area contributed by atoms with Crippen molar-refractivity contribution in [2.24, 2.45) is 10.7 Å². The zero-order valence-electron chi connectivity index (χ0n) is 11.4. The van der Waals surface area contributed by atoms with Crippen molar-refractivity contribution in [2.75, 3.05) is 0 Å². The van der Waals surface area contributed by atoms with Gasteiger partial charge in [-0.05, 0) is 47.7 Å². The van der Waals surface area contributed by atoms with Crippen LogP contribution < -0.4 is 5.73 Å². The molecule has 0 unspecified atom stereocenters. The zero-order chi connectivity index (χ0) is 13.5. The molecule has 0 saturated carbocycles. The number of rotatable bonds is 2. The minimum atomic E-state index is -0.287. The maximum absolute atomic E-state index is 6.10. The first-order valence-electron chi connectivity index (χ1n) is 6.56. The van der Waals surface area contributed by atoms with Gasteiger partial charge in [0.25, 0.3) is 0 Å².